The zero-order valence-electron chi connectivity index (χ0n) is 17.3. The number of anilines is 2. The number of rotatable bonds is 6. The SMILES string of the molecule is CCN1CCN(c2cc(NS(=O)(=O)CC(F)(F)F)c(Cl)c(-c3ccccc3C)c2)CC1. The van der Waals surface area contributed by atoms with Crippen LogP contribution in [0, 0.1) is 6.92 Å². The largest absolute Gasteiger partial charge is 0.404 e. The third kappa shape index (κ3) is 6.05. The molecule has 10 heteroatoms. The van der Waals surface area contributed by atoms with Gasteiger partial charge in [-0.05, 0) is 36.7 Å². The maximum absolute atomic E-state index is 12.7. The number of alkyl halides is 3. The molecule has 2 aromatic rings. The number of nitrogens with one attached hydrogen (secondary N) is 1. The van der Waals surface area contributed by atoms with Crippen LogP contribution >= 0.6 is 11.6 Å². The second-order valence-corrected chi connectivity index (χ2v) is 9.67. The Hall–Kier alpha value is -1.97. The van der Waals surface area contributed by atoms with Crippen molar-refractivity contribution in [2.75, 3.05) is 48.1 Å². The number of halogens is 4. The molecule has 0 aliphatic carbocycles. The van der Waals surface area contributed by atoms with Gasteiger partial charge in [-0.3, -0.25) is 4.72 Å². The summed E-state index contributed by atoms with van der Waals surface area (Å²) < 4.78 is 64.5. The van der Waals surface area contributed by atoms with Gasteiger partial charge in [0.05, 0.1) is 10.7 Å². The van der Waals surface area contributed by atoms with E-state index in [1.165, 1.54) is 6.07 Å². The Morgan fingerprint density at radius 3 is 2.29 bits per heavy atom. The Morgan fingerprint density at radius 1 is 1.06 bits per heavy atom. The number of benzene rings is 2. The number of hydrogen-bond acceptors (Lipinski definition) is 4. The van der Waals surface area contributed by atoms with E-state index in [4.69, 9.17) is 11.6 Å². The predicted molar refractivity (Wildman–Crippen MR) is 119 cm³/mol. The normalized spacial score (nSPS) is 15.9. The van der Waals surface area contributed by atoms with Crippen molar-refractivity contribution in [1.82, 2.24) is 4.90 Å². The van der Waals surface area contributed by atoms with Gasteiger partial charge in [0.1, 0.15) is 0 Å². The van der Waals surface area contributed by atoms with Crippen LogP contribution in [0.15, 0.2) is 36.4 Å². The molecule has 0 saturated carbocycles. The number of likely N-dealkylation sites (N-methyl/N-ethyl adjacent to an activating group) is 1. The van der Waals surface area contributed by atoms with Crippen molar-refractivity contribution in [2.24, 2.45) is 0 Å². The minimum atomic E-state index is -4.86. The lowest BCUT2D eigenvalue weighted by atomic mass is 9.99. The molecule has 1 heterocycles. The fourth-order valence-electron chi connectivity index (χ4n) is 3.68. The zero-order chi connectivity index (χ0) is 22.8. The summed E-state index contributed by atoms with van der Waals surface area (Å²) in [6, 6.07) is 10.8. The molecule has 1 N–H and O–H groups in total. The second kappa shape index (κ2) is 9.26. The molecular formula is C21H25ClF3N3O2S. The van der Waals surface area contributed by atoms with E-state index >= 15 is 0 Å². The molecule has 1 aliphatic rings. The Bertz CT molecular complexity index is 1040. The standard InChI is InChI=1S/C21H25ClF3N3O2S/c1-3-27-8-10-28(11-9-27)16-12-18(17-7-5-4-6-15(17)2)20(22)19(13-16)26-31(29,30)14-21(23,24)25/h4-7,12-13,26H,3,8-11,14H2,1-2H3. The van der Waals surface area contributed by atoms with Gasteiger partial charge >= 0.3 is 6.18 Å². The smallest absolute Gasteiger partial charge is 0.369 e. The summed E-state index contributed by atoms with van der Waals surface area (Å²) in [5.41, 5.74) is 2.93. The van der Waals surface area contributed by atoms with Crippen LogP contribution in [0.25, 0.3) is 11.1 Å². The van der Waals surface area contributed by atoms with Crippen LogP contribution in [0.2, 0.25) is 5.02 Å². The van der Waals surface area contributed by atoms with Crippen molar-refractivity contribution in [1.29, 1.82) is 0 Å². The van der Waals surface area contributed by atoms with E-state index in [9.17, 15) is 21.6 Å². The monoisotopic (exact) mass is 475 g/mol. The number of sulfonamides is 1. The van der Waals surface area contributed by atoms with Gasteiger partial charge in [0, 0.05) is 37.4 Å². The molecule has 2 aromatic carbocycles. The van der Waals surface area contributed by atoms with Crippen LogP contribution in [-0.4, -0.2) is 58.0 Å². The zero-order valence-corrected chi connectivity index (χ0v) is 18.9. The molecule has 1 aliphatic heterocycles. The van der Waals surface area contributed by atoms with Crippen LogP contribution in [0.5, 0.6) is 0 Å². The van der Waals surface area contributed by atoms with Crippen molar-refractivity contribution in [2.45, 2.75) is 20.0 Å². The third-order valence-electron chi connectivity index (χ3n) is 5.30. The van der Waals surface area contributed by atoms with E-state index < -0.39 is 22.0 Å². The van der Waals surface area contributed by atoms with Gasteiger partial charge in [-0.1, -0.05) is 42.8 Å². The van der Waals surface area contributed by atoms with E-state index in [1.54, 1.807) is 0 Å². The minimum absolute atomic E-state index is 0.0559. The van der Waals surface area contributed by atoms with Gasteiger partial charge in [0.25, 0.3) is 0 Å². The first-order chi connectivity index (χ1) is 14.5. The van der Waals surface area contributed by atoms with E-state index in [-0.39, 0.29) is 10.7 Å². The Labute approximate surface area is 185 Å². The summed E-state index contributed by atoms with van der Waals surface area (Å²) >= 11 is 6.51. The Morgan fingerprint density at radius 2 is 1.71 bits per heavy atom. The minimum Gasteiger partial charge on any atom is -0.369 e. The summed E-state index contributed by atoms with van der Waals surface area (Å²) in [4.78, 5) is 4.38. The molecule has 170 valence electrons. The lowest BCUT2D eigenvalue weighted by Gasteiger charge is -2.36. The molecule has 31 heavy (non-hydrogen) atoms. The molecule has 0 aromatic heterocycles. The number of hydrogen-bond donors (Lipinski definition) is 1. The lowest BCUT2D eigenvalue weighted by Crippen LogP contribution is -2.46. The molecule has 0 radical (unpaired) electrons. The molecule has 1 saturated heterocycles. The van der Waals surface area contributed by atoms with Crippen molar-refractivity contribution in [3.63, 3.8) is 0 Å². The van der Waals surface area contributed by atoms with Crippen molar-refractivity contribution in [3.8, 4) is 11.1 Å². The molecule has 0 bridgehead atoms. The topological polar surface area (TPSA) is 52.6 Å². The molecule has 1 fully saturated rings. The van der Waals surface area contributed by atoms with Gasteiger partial charge in [-0.2, -0.15) is 13.2 Å². The highest BCUT2D eigenvalue weighted by atomic mass is 35.5. The molecule has 3 rings (SSSR count). The lowest BCUT2D eigenvalue weighted by molar-refractivity contribution is -0.106. The fourth-order valence-corrected chi connectivity index (χ4v) is 4.99. The predicted octanol–water partition coefficient (Wildman–Crippen LogP) is 4.76. The van der Waals surface area contributed by atoms with E-state index in [2.05, 4.69) is 21.4 Å². The first-order valence-electron chi connectivity index (χ1n) is 9.93. The highest BCUT2D eigenvalue weighted by molar-refractivity contribution is 7.92. The Balaban J connectivity index is 2.05. The summed E-state index contributed by atoms with van der Waals surface area (Å²) in [6.45, 7) is 8.04. The molecule has 0 amide bonds. The van der Waals surface area contributed by atoms with Crippen LogP contribution in [0.3, 0.4) is 0 Å². The third-order valence-corrected chi connectivity index (χ3v) is 6.94. The molecule has 0 spiro atoms. The maximum Gasteiger partial charge on any atom is 0.404 e. The highest BCUT2D eigenvalue weighted by Crippen LogP contribution is 2.40. The van der Waals surface area contributed by atoms with E-state index in [1.807, 2.05) is 37.3 Å². The van der Waals surface area contributed by atoms with Gasteiger partial charge < -0.3 is 9.80 Å². The molecule has 0 unspecified atom stereocenters. The summed E-state index contributed by atoms with van der Waals surface area (Å²) in [5, 5.41) is 0.0657. The van der Waals surface area contributed by atoms with Crippen molar-refractivity contribution >= 4 is 33.0 Å². The average Bonchev–Trinajstić information content (AvgIpc) is 2.68. The Kier molecular flexibility index (Phi) is 7.08. The van der Waals surface area contributed by atoms with Crippen LogP contribution in [0.4, 0.5) is 24.5 Å². The van der Waals surface area contributed by atoms with Crippen LogP contribution < -0.4 is 9.62 Å². The fraction of sp³-hybridized carbons (Fsp3) is 0.429. The molecular weight excluding hydrogens is 451 g/mol. The van der Waals surface area contributed by atoms with Crippen LogP contribution in [-0.2, 0) is 10.0 Å². The highest BCUT2D eigenvalue weighted by Gasteiger charge is 2.35. The van der Waals surface area contributed by atoms with Gasteiger partial charge in [0.15, 0.2) is 5.75 Å². The first kappa shape index (κ1) is 23.7. The number of aryl methyl sites for hydroxylation is 1. The molecule has 0 atom stereocenters. The van der Waals surface area contributed by atoms with Gasteiger partial charge in [0.2, 0.25) is 10.0 Å². The van der Waals surface area contributed by atoms with Gasteiger partial charge in [-0.25, -0.2) is 8.42 Å². The molecule has 5 nitrogen and oxygen atoms in total. The summed E-state index contributed by atoms with van der Waals surface area (Å²) in [7, 11) is -4.67. The summed E-state index contributed by atoms with van der Waals surface area (Å²) in [5.74, 6) is -1.98. The second-order valence-electron chi connectivity index (χ2n) is 7.57. The summed E-state index contributed by atoms with van der Waals surface area (Å²) in [6.07, 6.45) is -4.86. The average molecular weight is 476 g/mol. The van der Waals surface area contributed by atoms with Crippen molar-refractivity contribution in [3.05, 3.63) is 47.0 Å². The first-order valence-corrected chi connectivity index (χ1v) is 12.0. The van der Waals surface area contributed by atoms with Crippen molar-refractivity contribution < 1.29 is 21.6 Å². The van der Waals surface area contributed by atoms with E-state index in [0.29, 0.717) is 11.3 Å². The number of nitrogens with zero attached hydrogens (tertiary/aromatic N) is 2. The maximum atomic E-state index is 12.7. The number of piperazine rings is 1. The quantitative estimate of drug-likeness (QED) is 0.654. The van der Waals surface area contributed by atoms with Crippen LogP contribution in [0.1, 0.15) is 12.5 Å². The van der Waals surface area contributed by atoms with E-state index in [0.717, 1.165) is 43.9 Å². The van der Waals surface area contributed by atoms with Gasteiger partial charge in [-0.15, -0.1) is 0 Å².